The number of benzene rings is 2. The number of carbonyl (C=O) groups is 2. The zero-order valence-corrected chi connectivity index (χ0v) is 16.7. The Morgan fingerprint density at radius 3 is 2.66 bits per heavy atom. The Bertz CT molecular complexity index is 1020. The van der Waals surface area contributed by atoms with Gasteiger partial charge in [-0.15, -0.1) is 0 Å². The molecule has 1 amide bonds. The molecule has 1 atom stereocenters. The van der Waals surface area contributed by atoms with Crippen molar-refractivity contribution in [2.24, 2.45) is 0 Å². The molecule has 0 unspecified atom stereocenters. The Kier molecular flexibility index (Phi) is 5.65. The van der Waals surface area contributed by atoms with Gasteiger partial charge in [-0.2, -0.15) is 0 Å². The molecule has 0 bridgehead atoms. The molecule has 0 fully saturated rings. The first-order valence-electron chi connectivity index (χ1n) is 10.2. The standard InChI is InChI=1S/C24H26N2O3/c1-2-29-24(28)16-26-21-11-7-6-10-19(21)20-15-18(12-13-22(20)26)25-23(27)14-17-8-4-3-5-9-17/h3-11,18H,2,12-16H2,1H3,(H,25,27)/t18-/m1/s1. The summed E-state index contributed by atoms with van der Waals surface area (Å²) in [4.78, 5) is 24.6. The second-order valence-electron chi connectivity index (χ2n) is 7.50. The van der Waals surface area contributed by atoms with Gasteiger partial charge in [0.15, 0.2) is 0 Å². The summed E-state index contributed by atoms with van der Waals surface area (Å²) in [5, 5.41) is 4.36. The maximum absolute atomic E-state index is 12.5. The molecular weight excluding hydrogens is 364 g/mol. The zero-order chi connectivity index (χ0) is 20.2. The first-order chi connectivity index (χ1) is 14.2. The molecule has 0 saturated carbocycles. The minimum Gasteiger partial charge on any atom is -0.465 e. The van der Waals surface area contributed by atoms with Gasteiger partial charge in [0.1, 0.15) is 6.54 Å². The maximum atomic E-state index is 12.5. The summed E-state index contributed by atoms with van der Waals surface area (Å²) in [6.07, 6.45) is 2.88. The highest BCUT2D eigenvalue weighted by atomic mass is 16.5. The van der Waals surface area contributed by atoms with E-state index in [0.29, 0.717) is 13.0 Å². The molecule has 0 aliphatic heterocycles. The van der Waals surface area contributed by atoms with Gasteiger partial charge in [-0.05, 0) is 43.4 Å². The van der Waals surface area contributed by atoms with Gasteiger partial charge in [0.05, 0.1) is 13.0 Å². The van der Waals surface area contributed by atoms with Gasteiger partial charge in [-0.1, -0.05) is 48.5 Å². The highest BCUT2D eigenvalue weighted by molar-refractivity contribution is 5.87. The molecule has 4 rings (SSSR count). The lowest BCUT2D eigenvalue weighted by atomic mass is 9.91. The van der Waals surface area contributed by atoms with Crippen LogP contribution in [-0.2, 0) is 40.1 Å². The third kappa shape index (κ3) is 4.19. The second-order valence-corrected chi connectivity index (χ2v) is 7.50. The number of nitrogens with zero attached hydrogens (tertiary/aromatic N) is 1. The highest BCUT2D eigenvalue weighted by Crippen LogP contribution is 2.32. The van der Waals surface area contributed by atoms with Crippen molar-refractivity contribution in [3.05, 3.63) is 71.4 Å². The van der Waals surface area contributed by atoms with Crippen LogP contribution in [0.15, 0.2) is 54.6 Å². The average Bonchev–Trinajstić information content (AvgIpc) is 3.02. The number of fused-ring (bicyclic) bond motifs is 3. The monoisotopic (exact) mass is 390 g/mol. The van der Waals surface area contributed by atoms with Crippen LogP contribution in [0.5, 0.6) is 0 Å². The summed E-state index contributed by atoms with van der Waals surface area (Å²) in [7, 11) is 0. The summed E-state index contributed by atoms with van der Waals surface area (Å²) >= 11 is 0. The quantitative estimate of drug-likeness (QED) is 0.656. The molecule has 0 saturated heterocycles. The lowest BCUT2D eigenvalue weighted by Gasteiger charge is -2.25. The summed E-state index contributed by atoms with van der Waals surface area (Å²) in [6, 6.07) is 18.1. The summed E-state index contributed by atoms with van der Waals surface area (Å²) in [6.45, 7) is 2.44. The van der Waals surface area contributed by atoms with E-state index in [1.165, 1.54) is 11.3 Å². The molecule has 3 aromatic rings. The van der Waals surface area contributed by atoms with Gasteiger partial charge in [0.2, 0.25) is 5.91 Å². The third-order valence-corrected chi connectivity index (χ3v) is 5.54. The molecule has 1 aliphatic carbocycles. The van der Waals surface area contributed by atoms with E-state index in [4.69, 9.17) is 4.74 Å². The molecule has 0 spiro atoms. The number of carbonyl (C=O) groups excluding carboxylic acids is 2. The fraction of sp³-hybridized carbons (Fsp3) is 0.333. The minimum absolute atomic E-state index is 0.0555. The summed E-state index contributed by atoms with van der Waals surface area (Å²) in [5.74, 6) is -0.158. The van der Waals surface area contributed by atoms with Crippen molar-refractivity contribution in [3.63, 3.8) is 0 Å². The van der Waals surface area contributed by atoms with Crippen molar-refractivity contribution in [2.75, 3.05) is 6.61 Å². The van der Waals surface area contributed by atoms with Gasteiger partial charge in [0, 0.05) is 22.6 Å². The van der Waals surface area contributed by atoms with Crippen LogP contribution in [0.25, 0.3) is 10.9 Å². The van der Waals surface area contributed by atoms with Crippen molar-refractivity contribution in [3.8, 4) is 0 Å². The van der Waals surface area contributed by atoms with Crippen LogP contribution in [-0.4, -0.2) is 29.1 Å². The molecule has 2 aromatic carbocycles. The van der Waals surface area contributed by atoms with E-state index in [1.54, 1.807) is 0 Å². The average molecular weight is 390 g/mol. The molecule has 0 radical (unpaired) electrons. The number of aromatic nitrogens is 1. The molecular formula is C24H26N2O3. The third-order valence-electron chi connectivity index (χ3n) is 5.54. The SMILES string of the molecule is CCOC(=O)Cn1c2c(c3ccccc31)C[C@H](NC(=O)Cc1ccccc1)CC2. The lowest BCUT2D eigenvalue weighted by Crippen LogP contribution is -2.39. The molecule has 5 heteroatoms. The number of hydrogen-bond acceptors (Lipinski definition) is 3. The van der Waals surface area contributed by atoms with Gasteiger partial charge in [-0.3, -0.25) is 9.59 Å². The molecule has 1 aromatic heterocycles. The second kappa shape index (κ2) is 8.52. The number of ether oxygens (including phenoxy) is 1. The zero-order valence-electron chi connectivity index (χ0n) is 16.7. The van der Waals surface area contributed by atoms with E-state index >= 15 is 0 Å². The predicted octanol–water partition coefficient (Wildman–Crippen LogP) is 3.42. The van der Waals surface area contributed by atoms with Gasteiger partial charge >= 0.3 is 5.97 Å². The Labute approximate surface area is 170 Å². The number of amides is 1. The van der Waals surface area contributed by atoms with E-state index in [2.05, 4.69) is 22.0 Å². The number of esters is 1. The largest absolute Gasteiger partial charge is 0.465 e. The Balaban J connectivity index is 1.53. The molecule has 29 heavy (non-hydrogen) atoms. The van der Waals surface area contributed by atoms with Crippen LogP contribution >= 0.6 is 0 Å². The molecule has 1 heterocycles. The van der Waals surface area contributed by atoms with E-state index in [-0.39, 0.29) is 24.5 Å². The normalized spacial score (nSPS) is 15.7. The Hall–Kier alpha value is -3.08. The van der Waals surface area contributed by atoms with E-state index < -0.39 is 0 Å². The number of rotatable bonds is 6. The van der Waals surface area contributed by atoms with Crippen molar-refractivity contribution >= 4 is 22.8 Å². The maximum Gasteiger partial charge on any atom is 0.325 e. The lowest BCUT2D eigenvalue weighted by molar-refractivity contribution is -0.143. The number of nitrogens with one attached hydrogen (secondary N) is 1. The van der Waals surface area contributed by atoms with E-state index in [1.807, 2.05) is 49.4 Å². The van der Waals surface area contributed by atoms with Gasteiger partial charge in [-0.25, -0.2) is 0 Å². The molecule has 1 N–H and O–H groups in total. The van der Waals surface area contributed by atoms with Crippen molar-refractivity contribution in [1.29, 1.82) is 0 Å². The van der Waals surface area contributed by atoms with Gasteiger partial charge in [0.25, 0.3) is 0 Å². The van der Waals surface area contributed by atoms with Crippen LogP contribution in [0.1, 0.15) is 30.2 Å². The van der Waals surface area contributed by atoms with Crippen molar-refractivity contribution in [2.45, 2.75) is 45.2 Å². The van der Waals surface area contributed by atoms with E-state index in [0.717, 1.165) is 35.7 Å². The smallest absolute Gasteiger partial charge is 0.325 e. The van der Waals surface area contributed by atoms with Crippen molar-refractivity contribution < 1.29 is 14.3 Å². The van der Waals surface area contributed by atoms with E-state index in [9.17, 15) is 9.59 Å². The molecule has 150 valence electrons. The predicted molar refractivity (Wildman–Crippen MR) is 113 cm³/mol. The number of para-hydroxylation sites is 1. The first kappa shape index (κ1) is 19.2. The topological polar surface area (TPSA) is 60.3 Å². The Morgan fingerprint density at radius 1 is 1.10 bits per heavy atom. The van der Waals surface area contributed by atoms with Crippen LogP contribution in [0.4, 0.5) is 0 Å². The fourth-order valence-corrected chi connectivity index (χ4v) is 4.30. The summed E-state index contributed by atoms with van der Waals surface area (Å²) < 4.78 is 7.26. The fourth-order valence-electron chi connectivity index (χ4n) is 4.30. The van der Waals surface area contributed by atoms with Crippen LogP contribution in [0.3, 0.4) is 0 Å². The van der Waals surface area contributed by atoms with Gasteiger partial charge < -0.3 is 14.6 Å². The minimum atomic E-state index is -0.214. The van der Waals surface area contributed by atoms with Crippen LogP contribution in [0.2, 0.25) is 0 Å². The summed E-state index contributed by atoms with van der Waals surface area (Å²) in [5.41, 5.74) is 4.50. The molecule has 1 aliphatic rings. The highest BCUT2D eigenvalue weighted by Gasteiger charge is 2.27. The number of hydrogen-bond donors (Lipinski definition) is 1. The van der Waals surface area contributed by atoms with Crippen LogP contribution in [0, 0.1) is 0 Å². The first-order valence-corrected chi connectivity index (χ1v) is 10.2. The van der Waals surface area contributed by atoms with Crippen molar-refractivity contribution in [1.82, 2.24) is 9.88 Å². The molecule has 5 nitrogen and oxygen atoms in total. The van der Waals surface area contributed by atoms with Crippen LogP contribution < -0.4 is 5.32 Å². The Morgan fingerprint density at radius 2 is 1.86 bits per heavy atom.